The largest absolute Gasteiger partial charge is 0.497 e. The number of benzene rings is 2. The molecule has 108 valence electrons. The lowest BCUT2D eigenvalue weighted by molar-refractivity contribution is 0.264. The number of fused-ring (bicyclic) bond motifs is 1. The minimum Gasteiger partial charge on any atom is -0.497 e. The van der Waals surface area contributed by atoms with Gasteiger partial charge in [0, 0.05) is 0 Å². The van der Waals surface area contributed by atoms with Crippen molar-refractivity contribution in [1.29, 1.82) is 0 Å². The first kappa shape index (κ1) is 13.5. The third-order valence-electron chi connectivity index (χ3n) is 3.27. The van der Waals surface area contributed by atoms with Gasteiger partial charge in [0.05, 0.1) is 18.5 Å². The normalized spacial score (nSPS) is 12.3. The summed E-state index contributed by atoms with van der Waals surface area (Å²) in [7, 11) is 1.63. The summed E-state index contributed by atoms with van der Waals surface area (Å²) in [5.74, 6) is 1.23. The fourth-order valence-electron chi connectivity index (χ4n) is 2.10. The maximum Gasteiger partial charge on any atom is 0.262 e. The third-order valence-corrected chi connectivity index (χ3v) is 3.27. The van der Waals surface area contributed by atoms with Gasteiger partial charge in [0.15, 0.2) is 5.58 Å². The highest BCUT2D eigenvalue weighted by Gasteiger charge is 2.12. The minimum absolute atomic E-state index is 0.268. The second-order valence-corrected chi connectivity index (χ2v) is 4.68. The van der Waals surface area contributed by atoms with Gasteiger partial charge in [0.1, 0.15) is 12.4 Å². The number of rotatable bonds is 5. The van der Waals surface area contributed by atoms with Crippen LogP contribution in [0.15, 0.2) is 53.1 Å². The van der Waals surface area contributed by atoms with E-state index in [-0.39, 0.29) is 6.04 Å². The molecular weight excluding hydrogens is 268 g/mol. The van der Waals surface area contributed by atoms with Crippen LogP contribution >= 0.6 is 0 Å². The topological polar surface area (TPSA) is 70.5 Å². The van der Waals surface area contributed by atoms with Gasteiger partial charge in [-0.1, -0.05) is 24.3 Å². The summed E-state index contributed by atoms with van der Waals surface area (Å²) in [6, 6.07) is 14.9. The Hall–Kier alpha value is -2.53. The van der Waals surface area contributed by atoms with Crippen LogP contribution in [-0.2, 0) is 0 Å². The molecule has 0 fully saturated rings. The van der Waals surface area contributed by atoms with Crippen LogP contribution in [0.25, 0.3) is 11.0 Å². The highest BCUT2D eigenvalue weighted by molar-refractivity contribution is 5.81. The van der Waals surface area contributed by atoms with Crippen LogP contribution in [0.2, 0.25) is 0 Å². The summed E-state index contributed by atoms with van der Waals surface area (Å²) >= 11 is 0. The molecule has 2 N–H and O–H groups in total. The molecule has 0 amide bonds. The number of hydrogen-bond acceptors (Lipinski definition) is 5. The summed E-state index contributed by atoms with van der Waals surface area (Å²) in [6.45, 7) is 0.309. The molecule has 1 aromatic heterocycles. The van der Waals surface area contributed by atoms with Crippen molar-refractivity contribution >= 4 is 11.0 Å². The molecule has 2 aromatic carbocycles. The van der Waals surface area contributed by atoms with E-state index in [2.05, 4.69) is 5.16 Å². The van der Waals surface area contributed by atoms with E-state index in [9.17, 15) is 0 Å². The van der Waals surface area contributed by atoms with Gasteiger partial charge in [0.2, 0.25) is 0 Å². The Labute approximate surface area is 122 Å². The van der Waals surface area contributed by atoms with Crippen LogP contribution in [0.1, 0.15) is 11.6 Å². The fourth-order valence-corrected chi connectivity index (χ4v) is 2.10. The smallest absolute Gasteiger partial charge is 0.262 e. The van der Waals surface area contributed by atoms with Gasteiger partial charge in [-0.2, -0.15) is 0 Å². The van der Waals surface area contributed by atoms with Crippen molar-refractivity contribution in [3.63, 3.8) is 0 Å². The second kappa shape index (κ2) is 5.85. The molecule has 0 saturated carbocycles. The van der Waals surface area contributed by atoms with Crippen molar-refractivity contribution in [1.82, 2.24) is 5.16 Å². The van der Waals surface area contributed by atoms with Gasteiger partial charge < -0.3 is 19.7 Å². The first-order valence-corrected chi connectivity index (χ1v) is 6.64. The molecule has 3 rings (SSSR count). The number of para-hydroxylation sites is 1. The van der Waals surface area contributed by atoms with Crippen LogP contribution in [0.3, 0.4) is 0 Å². The molecule has 0 aliphatic rings. The highest BCUT2D eigenvalue weighted by Crippen LogP contribution is 2.25. The molecule has 0 bridgehead atoms. The van der Waals surface area contributed by atoms with Crippen molar-refractivity contribution in [2.75, 3.05) is 13.7 Å². The van der Waals surface area contributed by atoms with E-state index in [0.717, 1.165) is 16.7 Å². The third kappa shape index (κ3) is 2.83. The second-order valence-electron chi connectivity index (χ2n) is 4.68. The first-order valence-electron chi connectivity index (χ1n) is 6.64. The van der Waals surface area contributed by atoms with Crippen LogP contribution in [0.5, 0.6) is 11.6 Å². The molecule has 21 heavy (non-hydrogen) atoms. The van der Waals surface area contributed by atoms with Crippen molar-refractivity contribution in [3.05, 3.63) is 54.1 Å². The average Bonchev–Trinajstić information content (AvgIpc) is 2.96. The van der Waals surface area contributed by atoms with Gasteiger partial charge >= 0.3 is 0 Å². The van der Waals surface area contributed by atoms with Gasteiger partial charge in [-0.25, -0.2) is 0 Å². The van der Waals surface area contributed by atoms with E-state index in [0.29, 0.717) is 18.1 Å². The average molecular weight is 284 g/mol. The zero-order chi connectivity index (χ0) is 14.7. The molecule has 1 atom stereocenters. The zero-order valence-corrected chi connectivity index (χ0v) is 11.7. The Balaban J connectivity index is 1.72. The van der Waals surface area contributed by atoms with E-state index in [1.165, 1.54) is 0 Å². The van der Waals surface area contributed by atoms with Gasteiger partial charge in [0.25, 0.3) is 5.88 Å². The summed E-state index contributed by atoms with van der Waals surface area (Å²) in [5.41, 5.74) is 7.78. The number of aromatic nitrogens is 1. The summed E-state index contributed by atoms with van der Waals surface area (Å²) in [6.07, 6.45) is 0. The Morgan fingerprint density at radius 3 is 2.90 bits per heavy atom. The summed E-state index contributed by atoms with van der Waals surface area (Å²) < 4.78 is 16.1. The maximum atomic E-state index is 6.14. The van der Waals surface area contributed by atoms with Crippen molar-refractivity contribution in [2.45, 2.75) is 6.04 Å². The van der Waals surface area contributed by atoms with Crippen molar-refractivity contribution in [3.8, 4) is 11.6 Å². The number of nitrogens with zero attached hydrogens (tertiary/aromatic N) is 1. The van der Waals surface area contributed by atoms with Crippen LogP contribution in [0.4, 0.5) is 0 Å². The van der Waals surface area contributed by atoms with E-state index < -0.39 is 0 Å². The zero-order valence-electron chi connectivity index (χ0n) is 11.7. The Bertz CT molecular complexity index is 739. The van der Waals surface area contributed by atoms with Gasteiger partial charge in [-0.15, -0.1) is 0 Å². The maximum absolute atomic E-state index is 6.14. The van der Waals surface area contributed by atoms with Crippen LogP contribution < -0.4 is 15.2 Å². The molecule has 5 heteroatoms. The Morgan fingerprint density at radius 1 is 1.19 bits per heavy atom. The highest BCUT2D eigenvalue weighted by atomic mass is 16.5. The van der Waals surface area contributed by atoms with E-state index in [1.807, 2.05) is 48.5 Å². The van der Waals surface area contributed by atoms with Crippen molar-refractivity contribution in [2.24, 2.45) is 5.73 Å². The lowest BCUT2D eigenvalue weighted by atomic mass is 10.1. The first-order chi connectivity index (χ1) is 10.3. The molecule has 1 heterocycles. The number of ether oxygens (including phenoxy) is 2. The standard InChI is InChI=1S/C16H16N2O3/c1-19-12-6-4-5-11(9-12)14(17)10-20-16-13-7-2-3-8-15(13)21-18-16/h2-9,14H,10,17H2,1H3. The Kier molecular flexibility index (Phi) is 3.75. The molecule has 0 spiro atoms. The van der Waals surface area contributed by atoms with E-state index >= 15 is 0 Å². The monoisotopic (exact) mass is 284 g/mol. The van der Waals surface area contributed by atoms with Gasteiger partial charge in [-0.3, -0.25) is 0 Å². The van der Waals surface area contributed by atoms with Crippen molar-refractivity contribution < 1.29 is 14.0 Å². The molecule has 0 aliphatic heterocycles. The molecular formula is C16H16N2O3. The van der Waals surface area contributed by atoms with Crippen LogP contribution in [0, 0.1) is 0 Å². The Morgan fingerprint density at radius 2 is 2.05 bits per heavy atom. The van der Waals surface area contributed by atoms with Crippen LogP contribution in [-0.4, -0.2) is 18.9 Å². The predicted octanol–water partition coefficient (Wildman–Crippen LogP) is 2.92. The fraction of sp³-hybridized carbons (Fsp3) is 0.188. The molecule has 0 saturated heterocycles. The lowest BCUT2D eigenvalue weighted by Crippen LogP contribution is -2.19. The molecule has 0 aliphatic carbocycles. The quantitative estimate of drug-likeness (QED) is 0.780. The number of hydrogen-bond donors (Lipinski definition) is 1. The van der Waals surface area contributed by atoms with E-state index in [4.69, 9.17) is 19.7 Å². The molecule has 1 unspecified atom stereocenters. The molecule has 5 nitrogen and oxygen atoms in total. The van der Waals surface area contributed by atoms with E-state index in [1.54, 1.807) is 7.11 Å². The summed E-state index contributed by atoms with van der Waals surface area (Å²) in [4.78, 5) is 0. The lowest BCUT2D eigenvalue weighted by Gasteiger charge is -2.13. The van der Waals surface area contributed by atoms with Gasteiger partial charge in [-0.05, 0) is 35.0 Å². The molecule has 0 radical (unpaired) electrons. The summed E-state index contributed by atoms with van der Waals surface area (Å²) in [5, 5.41) is 4.76. The molecule has 3 aromatic rings. The SMILES string of the molecule is COc1cccc(C(N)COc2noc3ccccc23)c1. The predicted molar refractivity (Wildman–Crippen MR) is 79.4 cm³/mol. The minimum atomic E-state index is -0.268. The number of nitrogens with two attached hydrogens (primary N) is 1. The number of methoxy groups -OCH3 is 1.